The molecular weight excluding hydrogens is 288 g/mol. The van der Waals surface area contributed by atoms with Gasteiger partial charge < -0.3 is 4.74 Å². The van der Waals surface area contributed by atoms with Gasteiger partial charge in [0.25, 0.3) is 5.69 Å². The summed E-state index contributed by atoms with van der Waals surface area (Å²) in [4.78, 5) is 21.0. The molecule has 0 bridgehead atoms. The van der Waals surface area contributed by atoms with Crippen molar-refractivity contribution in [1.82, 2.24) is 0 Å². The lowest BCUT2D eigenvalue weighted by atomic mass is 10.1. The molecule has 114 valence electrons. The fraction of sp³-hybridized carbons (Fsp3) is 0.200. The predicted molar refractivity (Wildman–Crippen MR) is 80.0 cm³/mol. The van der Waals surface area contributed by atoms with Crippen LogP contribution < -0.4 is 4.74 Å². The number of hydrogen-bond donors (Lipinski definition) is 0. The molecule has 0 fully saturated rings. The Bertz CT molecular complexity index is 743. The van der Waals surface area contributed by atoms with Crippen molar-refractivity contribution in [2.75, 3.05) is 0 Å². The lowest BCUT2D eigenvalue weighted by molar-refractivity contribution is -0.386. The number of nitro groups is 2. The summed E-state index contributed by atoms with van der Waals surface area (Å²) in [6.07, 6.45) is 0. The maximum Gasteiger partial charge on any atom is 0.311 e. The number of hydrogen-bond acceptors (Lipinski definition) is 5. The molecule has 7 heteroatoms. The fourth-order valence-corrected chi connectivity index (χ4v) is 2.07. The molecule has 0 aromatic heterocycles. The third-order valence-corrected chi connectivity index (χ3v) is 3.31. The van der Waals surface area contributed by atoms with E-state index in [9.17, 15) is 20.2 Å². The lowest BCUT2D eigenvalue weighted by Gasteiger charge is -2.09. The van der Waals surface area contributed by atoms with Gasteiger partial charge in [0.15, 0.2) is 5.75 Å². The zero-order valence-electron chi connectivity index (χ0n) is 12.1. The van der Waals surface area contributed by atoms with E-state index in [4.69, 9.17) is 4.74 Å². The normalized spacial score (nSPS) is 10.3. The molecule has 2 aromatic rings. The predicted octanol–water partition coefficient (Wildman–Crippen LogP) is 3.70. The second-order valence-electron chi connectivity index (χ2n) is 4.84. The van der Waals surface area contributed by atoms with Crippen LogP contribution in [0, 0.1) is 34.1 Å². The van der Waals surface area contributed by atoms with Crippen LogP contribution in [0.25, 0.3) is 0 Å². The Morgan fingerprint density at radius 1 is 1.00 bits per heavy atom. The van der Waals surface area contributed by atoms with Gasteiger partial charge in [0.2, 0.25) is 0 Å². The van der Waals surface area contributed by atoms with Crippen LogP contribution in [0.15, 0.2) is 36.4 Å². The van der Waals surface area contributed by atoms with E-state index in [-0.39, 0.29) is 23.7 Å². The molecule has 0 saturated carbocycles. The summed E-state index contributed by atoms with van der Waals surface area (Å²) in [5, 5.41) is 21.9. The molecule has 2 aromatic carbocycles. The monoisotopic (exact) mass is 302 g/mol. The van der Waals surface area contributed by atoms with Crippen LogP contribution in [0.1, 0.15) is 16.7 Å². The van der Waals surface area contributed by atoms with Gasteiger partial charge in [0.05, 0.1) is 9.85 Å². The van der Waals surface area contributed by atoms with Crippen molar-refractivity contribution in [2.45, 2.75) is 20.5 Å². The molecular formula is C15H14N2O5. The summed E-state index contributed by atoms with van der Waals surface area (Å²) in [5.74, 6) is 0.140. The third kappa shape index (κ3) is 3.20. The minimum Gasteiger partial charge on any atom is -0.482 e. The quantitative estimate of drug-likeness (QED) is 0.619. The van der Waals surface area contributed by atoms with Crippen LogP contribution in [0.3, 0.4) is 0 Å². The second-order valence-corrected chi connectivity index (χ2v) is 4.84. The van der Waals surface area contributed by atoms with E-state index in [1.807, 2.05) is 0 Å². The molecule has 0 spiro atoms. The van der Waals surface area contributed by atoms with Gasteiger partial charge in [-0.1, -0.05) is 18.2 Å². The fourth-order valence-electron chi connectivity index (χ4n) is 2.07. The summed E-state index contributed by atoms with van der Waals surface area (Å²) in [7, 11) is 0. The highest BCUT2D eigenvalue weighted by molar-refractivity contribution is 5.49. The van der Waals surface area contributed by atoms with Crippen LogP contribution >= 0.6 is 0 Å². The van der Waals surface area contributed by atoms with Crippen LogP contribution in [0.4, 0.5) is 11.4 Å². The van der Waals surface area contributed by atoms with Crippen molar-refractivity contribution in [2.24, 2.45) is 0 Å². The second kappa shape index (κ2) is 6.21. The van der Waals surface area contributed by atoms with Gasteiger partial charge in [0.1, 0.15) is 6.61 Å². The summed E-state index contributed by atoms with van der Waals surface area (Å²) < 4.78 is 5.49. The summed E-state index contributed by atoms with van der Waals surface area (Å²) >= 11 is 0. The minimum atomic E-state index is -0.511. The zero-order valence-corrected chi connectivity index (χ0v) is 12.1. The number of benzene rings is 2. The zero-order chi connectivity index (χ0) is 16.3. The van der Waals surface area contributed by atoms with E-state index >= 15 is 0 Å². The molecule has 0 atom stereocenters. The first-order valence-corrected chi connectivity index (χ1v) is 6.51. The van der Waals surface area contributed by atoms with Crippen LogP contribution in [0.2, 0.25) is 0 Å². The lowest BCUT2D eigenvalue weighted by Crippen LogP contribution is -2.02. The molecule has 0 aliphatic rings. The molecule has 0 radical (unpaired) electrons. The Morgan fingerprint density at radius 2 is 1.68 bits per heavy atom. The van der Waals surface area contributed by atoms with E-state index in [0.29, 0.717) is 11.1 Å². The number of aryl methyl sites for hydroxylation is 1. The highest BCUT2D eigenvalue weighted by atomic mass is 16.6. The topological polar surface area (TPSA) is 95.5 Å². The summed E-state index contributed by atoms with van der Waals surface area (Å²) in [5.41, 5.74) is 1.74. The van der Waals surface area contributed by atoms with Crippen molar-refractivity contribution in [1.29, 1.82) is 0 Å². The van der Waals surface area contributed by atoms with Crippen LogP contribution in [-0.4, -0.2) is 9.85 Å². The van der Waals surface area contributed by atoms with Gasteiger partial charge in [-0.15, -0.1) is 0 Å². The van der Waals surface area contributed by atoms with Gasteiger partial charge in [-0.2, -0.15) is 0 Å². The van der Waals surface area contributed by atoms with Crippen molar-refractivity contribution < 1.29 is 14.6 Å². The number of nitro benzene ring substituents is 2. The van der Waals surface area contributed by atoms with Gasteiger partial charge in [-0.05, 0) is 31.0 Å². The van der Waals surface area contributed by atoms with Gasteiger partial charge in [0, 0.05) is 17.7 Å². The van der Waals surface area contributed by atoms with E-state index in [0.717, 1.165) is 5.56 Å². The largest absolute Gasteiger partial charge is 0.482 e. The maximum absolute atomic E-state index is 11.0. The Morgan fingerprint density at radius 3 is 2.32 bits per heavy atom. The smallest absolute Gasteiger partial charge is 0.311 e. The van der Waals surface area contributed by atoms with Crippen molar-refractivity contribution in [3.63, 3.8) is 0 Å². The van der Waals surface area contributed by atoms with Crippen LogP contribution in [0.5, 0.6) is 5.75 Å². The molecule has 0 saturated heterocycles. The molecule has 0 unspecified atom stereocenters. The highest BCUT2D eigenvalue weighted by Gasteiger charge is 2.17. The van der Waals surface area contributed by atoms with E-state index in [1.165, 1.54) is 18.2 Å². The first-order chi connectivity index (χ1) is 10.4. The molecule has 0 amide bonds. The molecule has 7 nitrogen and oxygen atoms in total. The Hall–Kier alpha value is -2.96. The molecule has 22 heavy (non-hydrogen) atoms. The SMILES string of the molecule is Cc1ccc(OCc2cccc([N+](=O)[O-])c2C)c([N+](=O)[O-])c1. The average Bonchev–Trinajstić information content (AvgIpc) is 2.46. The van der Waals surface area contributed by atoms with Crippen LogP contribution in [-0.2, 0) is 6.61 Å². The Labute approximate surface area is 126 Å². The van der Waals surface area contributed by atoms with Crippen molar-refractivity contribution in [3.05, 3.63) is 73.3 Å². The Balaban J connectivity index is 2.26. The standard InChI is InChI=1S/C15H14N2O5/c1-10-6-7-15(14(8-10)17(20)21)22-9-12-4-3-5-13(11(12)2)16(18)19/h3-8H,9H2,1-2H3. The summed E-state index contributed by atoms with van der Waals surface area (Å²) in [6.45, 7) is 3.40. The molecule has 0 aliphatic carbocycles. The van der Waals surface area contributed by atoms with Gasteiger partial charge in [-0.25, -0.2) is 0 Å². The third-order valence-electron chi connectivity index (χ3n) is 3.31. The summed E-state index contributed by atoms with van der Waals surface area (Å²) in [6, 6.07) is 9.33. The number of ether oxygens (including phenoxy) is 1. The number of rotatable bonds is 5. The first-order valence-electron chi connectivity index (χ1n) is 6.51. The van der Waals surface area contributed by atoms with E-state index in [1.54, 1.807) is 32.0 Å². The van der Waals surface area contributed by atoms with Gasteiger partial charge in [-0.3, -0.25) is 20.2 Å². The van der Waals surface area contributed by atoms with E-state index < -0.39 is 9.85 Å². The molecule has 0 heterocycles. The average molecular weight is 302 g/mol. The van der Waals surface area contributed by atoms with Gasteiger partial charge >= 0.3 is 5.69 Å². The maximum atomic E-state index is 11.0. The molecule has 0 N–H and O–H groups in total. The minimum absolute atomic E-state index is 0.000458. The van der Waals surface area contributed by atoms with Crippen molar-refractivity contribution >= 4 is 11.4 Å². The Kier molecular flexibility index (Phi) is 4.36. The first kappa shape index (κ1) is 15.4. The molecule has 0 aliphatic heterocycles. The van der Waals surface area contributed by atoms with E-state index in [2.05, 4.69) is 0 Å². The molecule has 2 rings (SSSR count). The van der Waals surface area contributed by atoms with Crippen molar-refractivity contribution in [3.8, 4) is 5.75 Å². The number of nitrogens with zero attached hydrogens (tertiary/aromatic N) is 2. The highest BCUT2D eigenvalue weighted by Crippen LogP contribution is 2.29.